The van der Waals surface area contributed by atoms with E-state index in [2.05, 4.69) is 61.2 Å². The van der Waals surface area contributed by atoms with Gasteiger partial charge in [0, 0.05) is 69.4 Å². The number of anilines is 1. The molecule has 1 saturated heterocycles. The van der Waals surface area contributed by atoms with Crippen molar-refractivity contribution in [1.82, 2.24) is 20.1 Å². The third kappa shape index (κ3) is 10.8. The summed E-state index contributed by atoms with van der Waals surface area (Å²) < 4.78 is 12.9. The molecule has 334 valence electrons. The number of phenols is 1. The first-order chi connectivity index (χ1) is 30.1. The number of H-pyrrole nitrogens is 1. The molecule has 5 aromatic rings. The maximum atomic E-state index is 13.1. The number of likely N-dealkylation sites (N-methyl/N-ethyl adjacent to an activating group) is 1. The highest BCUT2D eigenvalue weighted by Crippen LogP contribution is 2.44. The number of nitrogens with zero attached hydrogens (tertiary/aromatic N) is 3. The SMILES string of the molecule is CN(CCNC[C@H](O[Si](C)(C)C(C)(C)C)c1ccc(O)c2[nH]c(=O)ccc12)C(=O)CCOc1ccc(CN2C[C@H]3CC(N(C(=O)O)c4ccccc4-c4ccccc4)C[C@H]3C2)cc1. The third-order valence-electron chi connectivity index (χ3n) is 13.4. The number of likely N-dealkylation sites (tertiary alicyclic amines) is 1. The van der Waals surface area contributed by atoms with Gasteiger partial charge in [-0.2, -0.15) is 0 Å². The van der Waals surface area contributed by atoms with Gasteiger partial charge in [-0.1, -0.05) is 87.5 Å². The van der Waals surface area contributed by atoms with Crippen LogP contribution in [0.1, 0.15) is 57.3 Å². The van der Waals surface area contributed by atoms with Gasteiger partial charge >= 0.3 is 6.09 Å². The van der Waals surface area contributed by atoms with Crippen molar-refractivity contribution in [3.05, 3.63) is 125 Å². The monoisotopic (exact) mass is 873 g/mol. The molecule has 13 heteroatoms. The number of carbonyl (C=O) groups is 2. The quantitative estimate of drug-likeness (QED) is 0.0532. The molecule has 2 fully saturated rings. The Morgan fingerprint density at radius 3 is 2.29 bits per heavy atom. The molecular formula is C50H63N5O7Si. The number of carbonyl (C=O) groups excluding carboxylic acids is 1. The van der Waals surface area contributed by atoms with Crippen LogP contribution in [0.5, 0.6) is 11.5 Å². The summed E-state index contributed by atoms with van der Waals surface area (Å²) >= 11 is 0. The number of amides is 2. The number of aromatic nitrogens is 1. The number of hydrogen-bond acceptors (Lipinski definition) is 8. The zero-order chi connectivity index (χ0) is 44.9. The van der Waals surface area contributed by atoms with Gasteiger partial charge in [0.25, 0.3) is 0 Å². The van der Waals surface area contributed by atoms with Gasteiger partial charge in [-0.3, -0.25) is 19.4 Å². The van der Waals surface area contributed by atoms with E-state index in [4.69, 9.17) is 9.16 Å². The second-order valence-electron chi connectivity index (χ2n) is 18.8. The zero-order valence-electron chi connectivity index (χ0n) is 37.5. The van der Waals surface area contributed by atoms with Crippen molar-refractivity contribution in [2.75, 3.05) is 51.3 Å². The second kappa shape index (κ2) is 19.5. The van der Waals surface area contributed by atoms with Gasteiger partial charge in [-0.15, -0.1) is 0 Å². The van der Waals surface area contributed by atoms with Crippen molar-refractivity contribution in [3.8, 4) is 22.6 Å². The molecule has 0 radical (unpaired) electrons. The summed E-state index contributed by atoms with van der Waals surface area (Å²) in [6.45, 7) is 15.5. The lowest BCUT2D eigenvalue weighted by atomic mass is 10.0. The van der Waals surface area contributed by atoms with Gasteiger partial charge in [0.15, 0.2) is 8.32 Å². The molecule has 2 aliphatic rings. The van der Waals surface area contributed by atoms with Gasteiger partial charge in [0.1, 0.15) is 11.5 Å². The van der Waals surface area contributed by atoms with E-state index in [1.165, 1.54) is 11.6 Å². The number of nitrogens with one attached hydrogen (secondary N) is 2. The fourth-order valence-corrected chi connectivity index (χ4v) is 10.3. The summed E-state index contributed by atoms with van der Waals surface area (Å²) in [5, 5.41) is 25.1. The molecule has 1 unspecified atom stereocenters. The van der Waals surface area contributed by atoms with Crippen LogP contribution in [0, 0.1) is 11.8 Å². The average Bonchev–Trinajstić information content (AvgIpc) is 3.81. The summed E-state index contributed by atoms with van der Waals surface area (Å²) in [6.07, 6.45) is 0.717. The number of para-hydroxylation sites is 1. The number of pyridine rings is 1. The van der Waals surface area contributed by atoms with E-state index in [9.17, 15) is 24.6 Å². The topological polar surface area (TPSA) is 148 Å². The van der Waals surface area contributed by atoms with E-state index in [1.54, 1.807) is 29.0 Å². The van der Waals surface area contributed by atoms with Crippen LogP contribution in [-0.4, -0.2) is 97.7 Å². The Balaban J connectivity index is 0.848. The van der Waals surface area contributed by atoms with Crippen molar-refractivity contribution in [2.24, 2.45) is 11.8 Å². The second-order valence-corrected chi connectivity index (χ2v) is 23.5. The highest BCUT2D eigenvalue weighted by atomic mass is 28.4. The standard InChI is InChI=1S/C50H63N5O7Si/c1-50(2,3)63(5,6)62-45(41-20-22-44(56)48-42(41)21-23-46(57)52-48)30-51-25-26-53(4)47(58)24-27-61-39-18-16-34(17-19-39)31-54-32-36-28-38(29-37(36)33-54)55(49(59)60)43-15-11-10-14-40(43)35-12-8-7-9-13-35/h7-23,36-38,45,51,56H,24-33H2,1-6H3,(H,52,57)(H,59,60)/t36-,37+,38?,45-/m0/s1. The Kier molecular flexibility index (Phi) is 14.1. The predicted octanol–water partition coefficient (Wildman–Crippen LogP) is 8.88. The van der Waals surface area contributed by atoms with Crippen molar-refractivity contribution < 1.29 is 29.0 Å². The number of carboxylic acid groups (broad SMARTS) is 1. The Bertz CT molecular complexity index is 2400. The smallest absolute Gasteiger partial charge is 0.412 e. The molecule has 12 nitrogen and oxygen atoms in total. The van der Waals surface area contributed by atoms with Crippen LogP contribution in [0.2, 0.25) is 18.1 Å². The Hall–Kier alpha value is -5.47. The molecule has 0 bridgehead atoms. The average molecular weight is 874 g/mol. The first-order valence-corrected chi connectivity index (χ1v) is 25.1. The number of ether oxygens (including phenoxy) is 1. The van der Waals surface area contributed by atoms with E-state index in [0.29, 0.717) is 37.0 Å². The number of aromatic amines is 1. The highest BCUT2D eigenvalue weighted by Gasteiger charge is 2.45. The lowest BCUT2D eigenvalue weighted by Crippen LogP contribution is -2.44. The maximum Gasteiger partial charge on any atom is 0.412 e. The van der Waals surface area contributed by atoms with E-state index in [0.717, 1.165) is 66.0 Å². The number of benzene rings is 4. The molecule has 1 aromatic heterocycles. The Morgan fingerprint density at radius 2 is 1.60 bits per heavy atom. The normalized spacial score (nSPS) is 18.3. The Morgan fingerprint density at radius 1 is 0.921 bits per heavy atom. The predicted molar refractivity (Wildman–Crippen MR) is 252 cm³/mol. The van der Waals surface area contributed by atoms with E-state index >= 15 is 0 Å². The molecule has 2 heterocycles. The molecule has 7 rings (SSSR count). The van der Waals surface area contributed by atoms with E-state index in [1.807, 2.05) is 72.8 Å². The van der Waals surface area contributed by atoms with E-state index < -0.39 is 14.4 Å². The van der Waals surface area contributed by atoms with Gasteiger partial charge in [0.2, 0.25) is 11.5 Å². The maximum absolute atomic E-state index is 13.1. The van der Waals surface area contributed by atoms with Gasteiger partial charge in [-0.25, -0.2) is 4.79 Å². The summed E-state index contributed by atoms with van der Waals surface area (Å²) in [4.78, 5) is 46.4. The van der Waals surface area contributed by atoms with Crippen molar-refractivity contribution >= 4 is 36.9 Å². The van der Waals surface area contributed by atoms with Crippen LogP contribution in [0.3, 0.4) is 0 Å². The van der Waals surface area contributed by atoms with Crippen LogP contribution in [0.15, 0.2) is 108 Å². The fourth-order valence-electron chi connectivity index (χ4n) is 8.99. The molecule has 4 aromatic carbocycles. The number of phenolic OH excluding ortho intramolecular Hbond substituents is 1. The molecule has 4 atom stereocenters. The van der Waals surface area contributed by atoms with Crippen LogP contribution in [0.4, 0.5) is 10.5 Å². The minimum atomic E-state index is -2.22. The van der Waals surface area contributed by atoms with Gasteiger partial charge < -0.3 is 34.6 Å². The number of fused-ring (bicyclic) bond motifs is 2. The van der Waals surface area contributed by atoms with Crippen LogP contribution in [-0.2, 0) is 15.8 Å². The third-order valence-corrected chi connectivity index (χ3v) is 17.9. The largest absolute Gasteiger partial charge is 0.506 e. The van der Waals surface area contributed by atoms with Crippen LogP contribution in [0.25, 0.3) is 22.0 Å². The number of rotatable bonds is 17. The van der Waals surface area contributed by atoms with Crippen molar-refractivity contribution in [3.63, 3.8) is 0 Å². The summed E-state index contributed by atoms with van der Waals surface area (Å²) in [5.74, 6) is 1.63. The molecule has 2 amide bonds. The first kappa shape index (κ1) is 45.5. The fraction of sp³-hybridized carbons (Fsp3) is 0.420. The number of aromatic hydroxyl groups is 1. The molecular weight excluding hydrogens is 811 g/mol. The molecule has 1 saturated carbocycles. The summed E-state index contributed by atoms with van der Waals surface area (Å²) in [7, 11) is -0.422. The first-order valence-electron chi connectivity index (χ1n) is 22.2. The van der Waals surface area contributed by atoms with Crippen LogP contribution < -0.4 is 20.5 Å². The van der Waals surface area contributed by atoms with Gasteiger partial charge in [0.05, 0.1) is 30.3 Å². The van der Waals surface area contributed by atoms with Crippen molar-refractivity contribution in [1.29, 1.82) is 0 Å². The summed E-state index contributed by atoms with van der Waals surface area (Å²) in [6, 6.07) is 32.5. The molecule has 0 spiro atoms. The Labute approximate surface area is 372 Å². The van der Waals surface area contributed by atoms with Crippen molar-refractivity contribution in [2.45, 2.75) is 76.9 Å². The molecule has 1 aliphatic carbocycles. The highest BCUT2D eigenvalue weighted by molar-refractivity contribution is 6.74. The lowest BCUT2D eigenvalue weighted by molar-refractivity contribution is -0.130. The minimum Gasteiger partial charge on any atom is -0.506 e. The summed E-state index contributed by atoms with van der Waals surface area (Å²) in [5.41, 5.74) is 4.88. The number of hydrogen-bond donors (Lipinski definition) is 4. The zero-order valence-corrected chi connectivity index (χ0v) is 38.5. The molecule has 63 heavy (non-hydrogen) atoms. The molecule has 1 aliphatic heterocycles. The lowest BCUT2D eigenvalue weighted by Gasteiger charge is -2.39. The van der Waals surface area contributed by atoms with E-state index in [-0.39, 0.29) is 47.4 Å². The van der Waals surface area contributed by atoms with Gasteiger partial charge in [-0.05, 0) is 89.8 Å². The molecule has 4 N–H and O–H groups in total. The minimum absolute atomic E-state index is 0.00956. The van der Waals surface area contributed by atoms with Crippen LogP contribution >= 0.6 is 0 Å².